The van der Waals surface area contributed by atoms with Crippen LogP contribution in [0.15, 0.2) is 66.9 Å². The standard InChI is InChI=1S/C19H14N4/c20-18-13-7-2-1-6-12(13)17-14(18)8-5-9-15(17)19-21-16-10-3-4-11-23(16)22-19/h1-11,18H,20H2/t18-/m1/s1. The Kier molecular flexibility index (Phi) is 2.46. The van der Waals surface area contributed by atoms with Crippen molar-refractivity contribution >= 4 is 5.65 Å². The Labute approximate surface area is 133 Å². The van der Waals surface area contributed by atoms with Crippen LogP contribution in [0, 0.1) is 0 Å². The van der Waals surface area contributed by atoms with Crippen LogP contribution in [0.4, 0.5) is 0 Å². The number of rotatable bonds is 1. The molecule has 1 aliphatic rings. The summed E-state index contributed by atoms with van der Waals surface area (Å²) in [6.45, 7) is 0. The van der Waals surface area contributed by atoms with Crippen molar-refractivity contribution in [2.24, 2.45) is 5.73 Å². The Balaban J connectivity index is 1.81. The third kappa shape index (κ3) is 1.69. The molecule has 4 aromatic rings. The molecule has 0 spiro atoms. The lowest BCUT2D eigenvalue weighted by Gasteiger charge is -2.07. The molecule has 0 fully saturated rings. The minimum absolute atomic E-state index is 0.0850. The van der Waals surface area contributed by atoms with E-state index < -0.39 is 0 Å². The molecule has 0 radical (unpaired) electrons. The quantitative estimate of drug-likeness (QED) is 0.586. The van der Waals surface area contributed by atoms with E-state index in [0.29, 0.717) is 0 Å². The second-order valence-electron chi connectivity index (χ2n) is 5.77. The van der Waals surface area contributed by atoms with Crippen molar-refractivity contribution in [2.75, 3.05) is 0 Å². The molecule has 0 bridgehead atoms. The summed E-state index contributed by atoms with van der Waals surface area (Å²) in [5, 5.41) is 4.62. The molecule has 23 heavy (non-hydrogen) atoms. The topological polar surface area (TPSA) is 56.2 Å². The molecule has 0 amide bonds. The number of nitrogens with two attached hydrogens (primary N) is 1. The van der Waals surface area contributed by atoms with Crippen molar-refractivity contribution in [1.29, 1.82) is 0 Å². The SMILES string of the molecule is N[C@@H]1c2ccccc2-c2c(-c3nc4ccccn4n3)cccc21. The fourth-order valence-electron chi connectivity index (χ4n) is 3.43. The van der Waals surface area contributed by atoms with Gasteiger partial charge >= 0.3 is 0 Å². The van der Waals surface area contributed by atoms with E-state index in [9.17, 15) is 0 Å². The molecule has 0 aliphatic heterocycles. The van der Waals surface area contributed by atoms with Crippen molar-refractivity contribution in [3.8, 4) is 22.5 Å². The number of hydrogen-bond acceptors (Lipinski definition) is 3. The van der Waals surface area contributed by atoms with Gasteiger partial charge in [0.2, 0.25) is 0 Å². The summed E-state index contributed by atoms with van der Waals surface area (Å²) in [5.74, 6) is 0.733. The van der Waals surface area contributed by atoms with Crippen LogP contribution in [-0.2, 0) is 0 Å². The van der Waals surface area contributed by atoms with Crippen LogP contribution in [0.1, 0.15) is 17.2 Å². The number of hydrogen-bond donors (Lipinski definition) is 1. The Morgan fingerprint density at radius 3 is 2.52 bits per heavy atom. The lowest BCUT2D eigenvalue weighted by atomic mass is 9.99. The average molecular weight is 298 g/mol. The fourth-order valence-corrected chi connectivity index (χ4v) is 3.43. The second kappa shape index (κ2) is 4.51. The molecule has 2 aromatic heterocycles. The van der Waals surface area contributed by atoms with Gasteiger partial charge in [-0.3, -0.25) is 0 Å². The zero-order valence-corrected chi connectivity index (χ0v) is 12.3. The zero-order valence-electron chi connectivity index (χ0n) is 12.3. The molecule has 2 aromatic carbocycles. The summed E-state index contributed by atoms with van der Waals surface area (Å²) >= 11 is 0. The Morgan fingerprint density at radius 2 is 1.61 bits per heavy atom. The Morgan fingerprint density at radius 1 is 0.826 bits per heavy atom. The van der Waals surface area contributed by atoms with E-state index in [4.69, 9.17) is 5.73 Å². The van der Waals surface area contributed by atoms with Crippen LogP contribution >= 0.6 is 0 Å². The predicted molar refractivity (Wildman–Crippen MR) is 89.9 cm³/mol. The van der Waals surface area contributed by atoms with Crippen LogP contribution < -0.4 is 5.73 Å². The molecule has 1 atom stereocenters. The van der Waals surface area contributed by atoms with Crippen molar-refractivity contribution in [3.05, 3.63) is 78.0 Å². The highest BCUT2D eigenvalue weighted by Gasteiger charge is 2.28. The first-order chi connectivity index (χ1) is 11.3. The zero-order chi connectivity index (χ0) is 15.4. The number of fused-ring (bicyclic) bond motifs is 4. The molecule has 5 rings (SSSR count). The Hall–Kier alpha value is -2.98. The van der Waals surface area contributed by atoms with E-state index in [-0.39, 0.29) is 6.04 Å². The highest BCUT2D eigenvalue weighted by molar-refractivity contribution is 5.89. The van der Waals surface area contributed by atoms with Crippen LogP contribution in [0.5, 0.6) is 0 Å². The number of nitrogens with zero attached hydrogens (tertiary/aromatic N) is 3. The highest BCUT2D eigenvalue weighted by atomic mass is 15.3. The summed E-state index contributed by atoms with van der Waals surface area (Å²) in [6, 6.07) is 20.3. The monoisotopic (exact) mass is 298 g/mol. The summed E-state index contributed by atoms with van der Waals surface area (Å²) in [5.41, 5.74) is 13.0. The van der Waals surface area contributed by atoms with Crippen LogP contribution in [0.25, 0.3) is 28.2 Å². The maximum atomic E-state index is 6.43. The summed E-state index contributed by atoms with van der Waals surface area (Å²) in [6.07, 6.45) is 1.91. The van der Waals surface area contributed by atoms with Crippen molar-refractivity contribution in [2.45, 2.75) is 6.04 Å². The molecule has 1 aliphatic carbocycles. The van der Waals surface area contributed by atoms with Gasteiger partial charge in [-0.25, -0.2) is 9.50 Å². The first kappa shape index (κ1) is 12.6. The van der Waals surface area contributed by atoms with E-state index in [0.717, 1.165) is 28.2 Å². The van der Waals surface area contributed by atoms with Crippen molar-refractivity contribution in [3.63, 3.8) is 0 Å². The number of pyridine rings is 1. The molecule has 0 unspecified atom stereocenters. The minimum Gasteiger partial charge on any atom is -0.320 e. The lowest BCUT2D eigenvalue weighted by molar-refractivity contribution is 0.901. The van der Waals surface area contributed by atoms with Gasteiger partial charge in [-0.15, -0.1) is 5.10 Å². The summed E-state index contributed by atoms with van der Waals surface area (Å²) in [4.78, 5) is 4.67. The summed E-state index contributed by atoms with van der Waals surface area (Å²) < 4.78 is 1.80. The normalized spacial score (nSPS) is 15.6. The largest absolute Gasteiger partial charge is 0.320 e. The fraction of sp³-hybridized carbons (Fsp3) is 0.0526. The van der Waals surface area contributed by atoms with E-state index in [2.05, 4.69) is 40.4 Å². The molecule has 110 valence electrons. The maximum Gasteiger partial charge on any atom is 0.182 e. The van der Waals surface area contributed by atoms with Gasteiger partial charge < -0.3 is 5.73 Å². The third-order valence-electron chi connectivity index (χ3n) is 4.48. The van der Waals surface area contributed by atoms with Gasteiger partial charge in [-0.2, -0.15) is 0 Å². The molecular formula is C19H14N4. The van der Waals surface area contributed by atoms with Gasteiger partial charge in [0, 0.05) is 11.8 Å². The van der Waals surface area contributed by atoms with Gasteiger partial charge in [0.05, 0.1) is 6.04 Å². The molecule has 4 nitrogen and oxygen atoms in total. The first-order valence-electron chi connectivity index (χ1n) is 7.62. The second-order valence-corrected chi connectivity index (χ2v) is 5.77. The maximum absolute atomic E-state index is 6.43. The third-order valence-corrected chi connectivity index (χ3v) is 4.48. The van der Waals surface area contributed by atoms with E-state index in [1.807, 2.05) is 36.5 Å². The average Bonchev–Trinajstić information content (AvgIpc) is 3.15. The minimum atomic E-state index is -0.0850. The van der Waals surface area contributed by atoms with Crippen LogP contribution in [-0.4, -0.2) is 14.6 Å². The molecule has 0 saturated heterocycles. The van der Waals surface area contributed by atoms with Gasteiger partial charge in [-0.05, 0) is 34.4 Å². The molecule has 4 heteroatoms. The van der Waals surface area contributed by atoms with Gasteiger partial charge in [0.1, 0.15) is 0 Å². The Bertz CT molecular complexity index is 1020. The smallest absolute Gasteiger partial charge is 0.182 e. The van der Waals surface area contributed by atoms with E-state index in [1.165, 1.54) is 11.1 Å². The molecular weight excluding hydrogens is 284 g/mol. The van der Waals surface area contributed by atoms with Gasteiger partial charge in [0.25, 0.3) is 0 Å². The lowest BCUT2D eigenvalue weighted by Crippen LogP contribution is -2.07. The van der Waals surface area contributed by atoms with Gasteiger partial charge in [0.15, 0.2) is 11.5 Å². The van der Waals surface area contributed by atoms with Gasteiger partial charge in [-0.1, -0.05) is 48.5 Å². The molecule has 2 heterocycles. The van der Waals surface area contributed by atoms with Crippen LogP contribution in [0.3, 0.4) is 0 Å². The van der Waals surface area contributed by atoms with E-state index >= 15 is 0 Å². The predicted octanol–water partition coefficient (Wildman–Crippen LogP) is 3.42. The van der Waals surface area contributed by atoms with E-state index in [1.54, 1.807) is 4.52 Å². The molecule has 0 saturated carbocycles. The van der Waals surface area contributed by atoms with Crippen LogP contribution in [0.2, 0.25) is 0 Å². The van der Waals surface area contributed by atoms with Crippen molar-refractivity contribution in [1.82, 2.24) is 14.6 Å². The molecule has 2 N–H and O–H groups in total. The number of benzene rings is 2. The first-order valence-corrected chi connectivity index (χ1v) is 7.62. The number of aromatic nitrogens is 3. The highest BCUT2D eigenvalue weighted by Crippen LogP contribution is 2.46. The van der Waals surface area contributed by atoms with Crippen molar-refractivity contribution < 1.29 is 0 Å². The summed E-state index contributed by atoms with van der Waals surface area (Å²) in [7, 11) is 0.